The van der Waals surface area contributed by atoms with E-state index in [1.54, 1.807) is 12.1 Å². The third-order valence-corrected chi connectivity index (χ3v) is 4.22. The number of rotatable bonds is 4. The summed E-state index contributed by atoms with van der Waals surface area (Å²) in [6.45, 7) is 5.61. The number of hydrogen-bond acceptors (Lipinski definition) is 4. The Balaban J connectivity index is 2.17. The second-order valence-electron chi connectivity index (χ2n) is 5.47. The van der Waals surface area contributed by atoms with Gasteiger partial charge in [-0.25, -0.2) is 4.39 Å². The lowest BCUT2D eigenvalue weighted by Crippen LogP contribution is -2.52. The van der Waals surface area contributed by atoms with Crippen molar-refractivity contribution >= 4 is 0 Å². The van der Waals surface area contributed by atoms with Gasteiger partial charge in [0, 0.05) is 38.3 Å². The summed E-state index contributed by atoms with van der Waals surface area (Å²) in [6, 6.07) is 5.67. The first-order chi connectivity index (χ1) is 9.56. The van der Waals surface area contributed by atoms with Crippen LogP contribution in [0, 0.1) is 5.82 Å². The summed E-state index contributed by atoms with van der Waals surface area (Å²) in [5.74, 6) is -0.0538. The fourth-order valence-electron chi connectivity index (χ4n) is 2.75. The van der Waals surface area contributed by atoms with Gasteiger partial charge in [-0.1, -0.05) is 6.07 Å². The lowest BCUT2D eigenvalue weighted by molar-refractivity contribution is 0.0740. The minimum atomic E-state index is -0.328. The second kappa shape index (κ2) is 6.52. The van der Waals surface area contributed by atoms with Crippen LogP contribution in [0.15, 0.2) is 18.2 Å². The SMILES string of the molecule is COc1ccc(C(CN)N2CCN(C)C(C)C2)cc1F. The zero-order chi connectivity index (χ0) is 14.7. The quantitative estimate of drug-likeness (QED) is 0.907. The Bertz CT molecular complexity index is 455. The van der Waals surface area contributed by atoms with E-state index >= 15 is 0 Å². The molecule has 0 saturated carbocycles. The number of halogens is 1. The highest BCUT2D eigenvalue weighted by Gasteiger charge is 2.27. The van der Waals surface area contributed by atoms with E-state index in [-0.39, 0.29) is 17.6 Å². The van der Waals surface area contributed by atoms with Gasteiger partial charge < -0.3 is 15.4 Å². The molecule has 1 aromatic carbocycles. The molecular formula is C15H24FN3O. The summed E-state index contributed by atoms with van der Waals surface area (Å²) in [6.07, 6.45) is 0. The summed E-state index contributed by atoms with van der Waals surface area (Å²) >= 11 is 0. The summed E-state index contributed by atoms with van der Waals surface area (Å²) in [5.41, 5.74) is 6.85. The molecule has 1 saturated heterocycles. The summed E-state index contributed by atoms with van der Waals surface area (Å²) in [4.78, 5) is 4.67. The highest BCUT2D eigenvalue weighted by molar-refractivity contribution is 5.31. The molecule has 4 nitrogen and oxygen atoms in total. The molecule has 5 heteroatoms. The maximum atomic E-state index is 13.9. The van der Waals surface area contributed by atoms with Crippen LogP contribution in [0.25, 0.3) is 0 Å². The zero-order valence-electron chi connectivity index (χ0n) is 12.5. The van der Waals surface area contributed by atoms with Crippen LogP contribution in [0.1, 0.15) is 18.5 Å². The van der Waals surface area contributed by atoms with Crippen LogP contribution >= 0.6 is 0 Å². The van der Waals surface area contributed by atoms with Gasteiger partial charge in [0.2, 0.25) is 0 Å². The normalized spacial score (nSPS) is 22.8. The molecule has 1 heterocycles. The monoisotopic (exact) mass is 281 g/mol. The molecule has 0 aliphatic carbocycles. The largest absolute Gasteiger partial charge is 0.494 e. The third-order valence-electron chi connectivity index (χ3n) is 4.22. The van der Waals surface area contributed by atoms with E-state index in [2.05, 4.69) is 23.8 Å². The van der Waals surface area contributed by atoms with E-state index in [4.69, 9.17) is 10.5 Å². The van der Waals surface area contributed by atoms with E-state index in [0.29, 0.717) is 12.6 Å². The minimum absolute atomic E-state index is 0.0616. The Kier molecular flexibility index (Phi) is 4.96. The van der Waals surface area contributed by atoms with E-state index in [0.717, 1.165) is 25.2 Å². The Morgan fingerprint density at radius 1 is 1.45 bits per heavy atom. The van der Waals surface area contributed by atoms with E-state index < -0.39 is 0 Å². The van der Waals surface area contributed by atoms with Crippen molar-refractivity contribution < 1.29 is 9.13 Å². The number of likely N-dealkylation sites (N-methyl/N-ethyl adjacent to an activating group) is 1. The average molecular weight is 281 g/mol. The molecule has 0 amide bonds. The van der Waals surface area contributed by atoms with E-state index in [1.807, 2.05) is 6.07 Å². The van der Waals surface area contributed by atoms with Crippen molar-refractivity contribution in [3.63, 3.8) is 0 Å². The van der Waals surface area contributed by atoms with Crippen molar-refractivity contribution in [2.45, 2.75) is 19.0 Å². The molecule has 1 aromatic rings. The van der Waals surface area contributed by atoms with Crippen molar-refractivity contribution in [2.24, 2.45) is 5.73 Å². The summed E-state index contributed by atoms with van der Waals surface area (Å²) in [5, 5.41) is 0. The number of ether oxygens (including phenoxy) is 1. The lowest BCUT2D eigenvalue weighted by atomic mass is 10.0. The molecule has 0 aromatic heterocycles. The second-order valence-corrected chi connectivity index (χ2v) is 5.47. The molecule has 2 atom stereocenters. The van der Waals surface area contributed by atoms with Gasteiger partial charge in [0.25, 0.3) is 0 Å². The van der Waals surface area contributed by atoms with Crippen LogP contribution < -0.4 is 10.5 Å². The Hall–Kier alpha value is -1.17. The molecule has 0 radical (unpaired) electrons. The lowest BCUT2D eigenvalue weighted by Gasteiger charge is -2.41. The predicted molar refractivity (Wildman–Crippen MR) is 78.4 cm³/mol. The van der Waals surface area contributed by atoms with Gasteiger partial charge in [-0.3, -0.25) is 4.90 Å². The molecule has 1 aliphatic rings. The van der Waals surface area contributed by atoms with Crippen LogP contribution in [-0.4, -0.2) is 56.2 Å². The topological polar surface area (TPSA) is 41.7 Å². The predicted octanol–water partition coefficient (Wildman–Crippen LogP) is 1.47. The minimum Gasteiger partial charge on any atom is -0.494 e. The molecule has 20 heavy (non-hydrogen) atoms. The summed E-state index contributed by atoms with van der Waals surface area (Å²) in [7, 11) is 3.60. The van der Waals surface area contributed by atoms with Crippen LogP contribution in [0.2, 0.25) is 0 Å². The van der Waals surface area contributed by atoms with Crippen molar-refractivity contribution in [1.29, 1.82) is 0 Å². The molecular weight excluding hydrogens is 257 g/mol. The van der Waals surface area contributed by atoms with Gasteiger partial charge in [0.15, 0.2) is 11.6 Å². The van der Waals surface area contributed by atoms with Crippen molar-refractivity contribution in [1.82, 2.24) is 9.80 Å². The number of piperazine rings is 1. The standard InChI is InChI=1S/C15H24FN3O/c1-11-10-19(7-6-18(11)2)14(9-17)12-4-5-15(20-3)13(16)8-12/h4-5,8,11,14H,6-7,9-10,17H2,1-3H3. The fraction of sp³-hybridized carbons (Fsp3) is 0.600. The van der Waals surface area contributed by atoms with E-state index in [1.165, 1.54) is 7.11 Å². The number of methoxy groups -OCH3 is 1. The first kappa shape index (κ1) is 15.2. The van der Waals surface area contributed by atoms with Crippen LogP contribution in [-0.2, 0) is 0 Å². The summed E-state index contributed by atoms with van der Waals surface area (Å²) < 4.78 is 18.8. The molecule has 1 aliphatic heterocycles. The van der Waals surface area contributed by atoms with Gasteiger partial charge in [-0.05, 0) is 31.7 Å². The Morgan fingerprint density at radius 2 is 2.20 bits per heavy atom. The third kappa shape index (κ3) is 3.11. The smallest absolute Gasteiger partial charge is 0.165 e. The molecule has 2 rings (SSSR count). The van der Waals surface area contributed by atoms with Crippen molar-refractivity contribution in [2.75, 3.05) is 40.3 Å². The molecule has 0 spiro atoms. The van der Waals surface area contributed by atoms with Crippen LogP contribution in [0.5, 0.6) is 5.75 Å². The molecule has 2 unspecified atom stereocenters. The van der Waals surface area contributed by atoms with Gasteiger partial charge in [0.05, 0.1) is 7.11 Å². The number of nitrogens with two attached hydrogens (primary N) is 1. The van der Waals surface area contributed by atoms with Gasteiger partial charge in [-0.2, -0.15) is 0 Å². The Labute approximate surface area is 120 Å². The first-order valence-electron chi connectivity index (χ1n) is 7.04. The number of benzene rings is 1. The van der Waals surface area contributed by atoms with Gasteiger partial charge in [0.1, 0.15) is 0 Å². The highest BCUT2D eigenvalue weighted by Crippen LogP contribution is 2.26. The molecule has 1 fully saturated rings. The average Bonchev–Trinajstić information content (AvgIpc) is 2.44. The van der Waals surface area contributed by atoms with E-state index in [9.17, 15) is 4.39 Å². The maximum Gasteiger partial charge on any atom is 0.165 e. The fourth-order valence-corrected chi connectivity index (χ4v) is 2.75. The first-order valence-corrected chi connectivity index (χ1v) is 7.04. The molecule has 2 N–H and O–H groups in total. The highest BCUT2D eigenvalue weighted by atomic mass is 19.1. The van der Waals surface area contributed by atoms with Crippen LogP contribution in [0.3, 0.4) is 0 Å². The molecule has 0 bridgehead atoms. The zero-order valence-corrected chi connectivity index (χ0v) is 12.5. The van der Waals surface area contributed by atoms with Gasteiger partial charge >= 0.3 is 0 Å². The van der Waals surface area contributed by atoms with Crippen molar-refractivity contribution in [3.8, 4) is 5.75 Å². The van der Waals surface area contributed by atoms with Gasteiger partial charge in [-0.15, -0.1) is 0 Å². The Morgan fingerprint density at radius 3 is 2.75 bits per heavy atom. The molecule has 112 valence electrons. The number of hydrogen-bond donors (Lipinski definition) is 1. The maximum absolute atomic E-state index is 13.9. The number of nitrogens with zero attached hydrogens (tertiary/aromatic N) is 2. The van der Waals surface area contributed by atoms with Crippen molar-refractivity contribution in [3.05, 3.63) is 29.6 Å². The van der Waals surface area contributed by atoms with Crippen LogP contribution in [0.4, 0.5) is 4.39 Å².